The number of ether oxygens (including phenoxy) is 1. The van der Waals surface area contributed by atoms with E-state index < -0.39 is 0 Å². The monoisotopic (exact) mass is 282 g/mol. The normalized spacial score (nSPS) is 34.2. The first-order valence-corrected chi connectivity index (χ1v) is 7.84. The van der Waals surface area contributed by atoms with Crippen molar-refractivity contribution in [1.82, 2.24) is 0 Å². The maximum atomic E-state index is 5.85. The number of allylic oxidation sites excluding steroid dienone is 2. The van der Waals surface area contributed by atoms with Crippen LogP contribution in [0.3, 0.4) is 0 Å². The van der Waals surface area contributed by atoms with Crippen LogP contribution in [0, 0.1) is 32.1 Å². The summed E-state index contributed by atoms with van der Waals surface area (Å²) in [5.41, 5.74) is 7.05. The molecule has 0 saturated heterocycles. The molecule has 3 atom stereocenters. The summed E-state index contributed by atoms with van der Waals surface area (Å²) in [5, 5.41) is 0. The van der Waals surface area contributed by atoms with Crippen molar-refractivity contribution in [2.45, 2.75) is 46.6 Å². The van der Waals surface area contributed by atoms with Crippen LogP contribution < -0.4 is 0 Å². The van der Waals surface area contributed by atoms with Crippen molar-refractivity contribution >= 4 is 5.57 Å². The van der Waals surface area contributed by atoms with E-state index in [1.165, 1.54) is 27.8 Å². The third-order valence-electron chi connectivity index (χ3n) is 5.47. The smallest absolute Gasteiger partial charge is 0.0759 e. The zero-order valence-electron chi connectivity index (χ0n) is 14.1. The highest BCUT2D eigenvalue weighted by Crippen LogP contribution is 2.55. The molecule has 3 aliphatic rings. The first kappa shape index (κ1) is 14.6. The number of methoxy groups -OCH3 is 1. The van der Waals surface area contributed by atoms with E-state index in [2.05, 4.69) is 65.0 Å². The molecule has 0 aliphatic heterocycles. The van der Waals surface area contributed by atoms with Gasteiger partial charge in [-0.05, 0) is 56.4 Å². The SMILES string of the molecule is CO[C@]1(C)C[C@]2(C)C=C[C@@H]1C=C2c1c(C)cc(C)cc1C. The van der Waals surface area contributed by atoms with Gasteiger partial charge in [-0.2, -0.15) is 0 Å². The summed E-state index contributed by atoms with van der Waals surface area (Å²) >= 11 is 0. The fourth-order valence-corrected chi connectivity index (χ4v) is 4.39. The highest BCUT2D eigenvalue weighted by Gasteiger charge is 2.48. The average molecular weight is 282 g/mol. The molecule has 0 aromatic heterocycles. The van der Waals surface area contributed by atoms with Gasteiger partial charge in [-0.15, -0.1) is 0 Å². The van der Waals surface area contributed by atoms with Gasteiger partial charge in [0.25, 0.3) is 0 Å². The Morgan fingerprint density at radius 3 is 2.24 bits per heavy atom. The van der Waals surface area contributed by atoms with Gasteiger partial charge in [0.05, 0.1) is 5.60 Å². The van der Waals surface area contributed by atoms with Crippen LogP contribution in [0.15, 0.2) is 30.4 Å². The summed E-state index contributed by atoms with van der Waals surface area (Å²) < 4.78 is 5.85. The van der Waals surface area contributed by atoms with E-state index >= 15 is 0 Å². The van der Waals surface area contributed by atoms with Crippen LogP contribution in [0.4, 0.5) is 0 Å². The lowest BCUT2D eigenvalue weighted by Crippen LogP contribution is -2.47. The molecule has 1 heteroatoms. The van der Waals surface area contributed by atoms with Crippen LogP contribution in [0.25, 0.3) is 5.57 Å². The van der Waals surface area contributed by atoms with Crippen molar-refractivity contribution in [2.75, 3.05) is 7.11 Å². The quantitative estimate of drug-likeness (QED) is 0.694. The van der Waals surface area contributed by atoms with Crippen LogP contribution in [-0.4, -0.2) is 12.7 Å². The van der Waals surface area contributed by atoms with Crippen LogP contribution in [0.2, 0.25) is 0 Å². The van der Waals surface area contributed by atoms with Gasteiger partial charge >= 0.3 is 0 Å². The first-order valence-electron chi connectivity index (χ1n) is 7.84. The number of benzene rings is 1. The molecule has 0 unspecified atom stereocenters. The lowest BCUT2D eigenvalue weighted by Gasteiger charge is -2.50. The minimum Gasteiger partial charge on any atom is -0.378 e. The van der Waals surface area contributed by atoms with Crippen LogP contribution in [0.1, 0.15) is 42.5 Å². The van der Waals surface area contributed by atoms with Gasteiger partial charge in [-0.1, -0.05) is 42.8 Å². The van der Waals surface area contributed by atoms with Crippen molar-refractivity contribution in [3.8, 4) is 0 Å². The van der Waals surface area contributed by atoms with Crippen molar-refractivity contribution < 1.29 is 4.74 Å². The molecule has 0 amide bonds. The van der Waals surface area contributed by atoms with E-state index in [0.29, 0.717) is 5.92 Å². The Kier molecular flexibility index (Phi) is 3.18. The topological polar surface area (TPSA) is 9.23 Å². The van der Waals surface area contributed by atoms with Crippen molar-refractivity contribution in [2.24, 2.45) is 11.3 Å². The van der Waals surface area contributed by atoms with E-state index in [0.717, 1.165) is 6.42 Å². The van der Waals surface area contributed by atoms with Crippen molar-refractivity contribution in [3.63, 3.8) is 0 Å². The lowest BCUT2D eigenvalue weighted by molar-refractivity contribution is -0.0461. The predicted octanol–water partition coefficient (Wildman–Crippen LogP) is 5.00. The minimum absolute atomic E-state index is 0.0699. The Balaban J connectivity index is 2.16. The summed E-state index contributed by atoms with van der Waals surface area (Å²) in [6, 6.07) is 4.60. The molecule has 4 rings (SSSR count). The van der Waals surface area contributed by atoms with E-state index in [1.54, 1.807) is 0 Å². The fourth-order valence-electron chi connectivity index (χ4n) is 4.39. The minimum atomic E-state index is -0.0699. The maximum Gasteiger partial charge on any atom is 0.0759 e. The molecule has 1 aromatic carbocycles. The zero-order chi connectivity index (χ0) is 15.4. The van der Waals surface area contributed by atoms with Crippen LogP contribution >= 0.6 is 0 Å². The summed E-state index contributed by atoms with van der Waals surface area (Å²) in [5.74, 6) is 0.374. The second-order valence-electron chi connectivity index (χ2n) is 7.35. The molecular weight excluding hydrogens is 256 g/mol. The second-order valence-corrected chi connectivity index (χ2v) is 7.35. The number of aryl methyl sites for hydroxylation is 3. The zero-order valence-corrected chi connectivity index (χ0v) is 14.1. The molecule has 0 heterocycles. The average Bonchev–Trinajstić information content (AvgIpc) is 2.38. The highest BCUT2D eigenvalue weighted by molar-refractivity contribution is 5.79. The molecule has 3 aliphatic carbocycles. The molecule has 0 saturated carbocycles. The fraction of sp³-hybridized carbons (Fsp3) is 0.500. The third kappa shape index (κ3) is 2.10. The van der Waals surface area contributed by atoms with E-state index in [4.69, 9.17) is 4.74 Å². The Labute approximate surface area is 128 Å². The van der Waals surface area contributed by atoms with Gasteiger partial charge in [-0.25, -0.2) is 0 Å². The molecule has 0 radical (unpaired) electrons. The lowest BCUT2D eigenvalue weighted by atomic mass is 9.58. The van der Waals surface area contributed by atoms with Gasteiger partial charge in [0.15, 0.2) is 0 Å². The van der Waals surface area contributed by atoms with Crippen LogP contribution in [-0.2, 0) is 4.74 Å². The molecule has 1 aromatic rings. The van der Waals surface area contributed by atoms with Gasteiger partial charge in [-0.3, -0.25) is 0 Å². The Morgan fingerprint density at radius 2 is 1.71 bits per heavy atom. The summed E-state index contributed by atoms with van der Waals surface area (Å²) in [6.07, 6.45) is 8.22. The third-order valence-corrected chi connectivity index (χ3v) is 5.47. The van der Waals surface area contributed by atoms with E-state index in [9.17, 15) is 0 Å². The number of fused-ring (bicyclic) bond motifs is 1. The number of hydrogen-bond acceptors (Lipinski definition) is 1. The summed E-state index contributed by atoms with van der Waals surface area (Å²) in [4.78, 5) is 0. The standard InChI is InChI=1S/C20H26O/c1-13-9-14(2)18(15(3)10-13)17-11-16-7-8-19(17,4)12-20(16,5)21-6/h7-11,16H,12H2,1-6H3/t16-,19+,20-/m1/s1. The summed E-state index contributed by atoms with van der Waals surface area (Å²) in [7, 11) is 1.84. The van der Waals surface area contributed by atoms with Gasteiger partial charge in [0, 0.05) is 18.4 Å². The Hall–Kier alpha value is -1.34. The van der Waals surface area contributed by atoms with Crippen molar-refractivity contribution in [3.05, 3.63) is 52.6 Å². The van der Waals surface area contributed by atoms with Crippen LogP contribution in [0.5, 0.6) is 0 Å². The van der Waals surface area contributed by atoms with Crippen molar-refractivity contribution in [1.29, 1.82) is 0 Å². The molecule has 2 bridgehead atoms. The molecule has 0 spiro atoms. The number of rotatable bonds is 2. The largest absolute Gasteiger partial charge is 0.378 e. The second kappa shape index (κ2) is 4.58. The molecule has 21 heavy (non-hydrogen) atoms. The highest BCUT2D eigenvalue weighted by atomic mass is 16.5. The first-order chi connectivity index (χ1) is 9.79. The molecule has 0 N–H and O–H groups in total. The van der Waals surface area contributed by atoms with Gasteiger partial charge in [0.2, 0.25) is 0 Å². The Morgan fingerprint density at radius 1 is 1.10 bits per heavy atom. The van der Waals surface area contributed by atoms with Gasteiger partial charge in [0.1, 0.15) is 0 Å². The van der Waals surface area contributed by atoms with Gasteiger partial charge < -0.3 is 4.74 Å². The molecular formula is C20H26O. The van der Waals surface area contributed by atoms with E-state index in [1.807, 2.05) is 7.11 Å². The Bertz CT molecular complexity index is 629. The predicted molar refractivity (Wildman–Crippen MR) is 89.4 cm³/mol. The number of hydrogen-bond donors (Lipinski definition) is 0. The van der Waals surface area contributed by atoms with E-state index in [-0.39, 0.29) is 11.0 Å². The molecule has 0 fully saturated rings. The molecule has 1 nitrogen and oxygen atoms in total. The molecule has 112 valence electrons. The maximum absolute atomic E-state index is 5.85. The summed E-state index contributed by atoms with van der Waals surface area (Å²) in [6.45, 7) is 11.2.